The van der Waals surface area contributed by atoms with E-state index in [1.807, 2.05) is 19.3 Å². The van der Waals surface area contributed by atoms with Crippen LogP contribution in [0.1, 0.15) is 39.0 Å². The van der Waals surface area contributed by atoms with Crippen molar-refractivity contribution in [1.82, 2.24) is 4.98 Å². The van der Waals surface area contributed by atoms with Crippen molar-refractivity contribution in [3.63, 3.8) is 0 Å². The third-order valence-corrected chi connectivity index (χ3v) is 4.03. The molecule has 3 nitrogen and oxygen atoms in total. The number of anilines is 2. The van der Waals surface area contributed by atoms with Gasteiger partial charge in [0, 0.05) is 31.5 Å². The molecule has 0 saturated heterocycles. The van der Waals surface area contributed by atoms with E-state index < -0.39 is 0 Å². The van der Waals surface area contributed by atoms with E-state index in [0.717, 1.165) is 24.2 Å². The second-order valence-electron chi connectivity index (χ2n) is 5.52. The molecule has 0 unspecified atom stereocenters. The van der Waals surface area contributed by atoms with Gasteiger partial charge in [-0.2, -0.15) is 0 Å². The summed E-state index contributed by atoms with van der Waals surface area (Å²) < 4.78 is 0. The molecule has 0 amide bonds. The van der Waals surface area contributed by atoms with Gasteiger partial charge in [0.1, 0.15) is 5.82 Å². The minimum Gasteiger partial charge on any atom is -0.385 e. The van der Waals surface area contributed by atoms with Gasteiger partial charge in [-0.05, 0) is 24.3 Å². The van der Waals surface area contributed by atoms with Crippen LogP contribution in [0.2, 0.25) is 0 Å². The van der Waals surface area contributed by atoms with E-state index in [4.69, 9.17) is 0 Å². The summed E-state index contributed by atoms with van der Waals surface area (Å²) in [6, 6.07) is 4.09. The Bertz CT molecular complexity index is 357. The van der Waals surface area contributed by atoms with Crippen molar-refractivity contribution in [3.8, 4) is 0 Å². The summed E-state index contributed by atoms with van der Waals surface area (Å²) in [6.45, 7) is 3.46. The van der Waals surface area contributed by atoms with Crippen LogP contribution in [0.15, 0.2) is 18.3 Å². The fraction of sp³-hybridized carbons (Fsp3) is 0.667. The predicted octanol–water partition coefficient (Wildman–Crippen LogP) is 3.75. The smallest absolute Gasteiger partial charge is 0.127 e. The van der Waals surface area contributed by atoms with Gasteiger partial charge in [-0.1, -0.05) is 32.6 Å². The summed E-state index contributed by atoms with van der Waals surface area (Å²) in [5.41, 5.74) is 1.17. The van der Waals surface area contributed by atoms with Crippen molar-refractivity contribution in [2.45, 2.75) is 39.0 Å². The number of aromatic nitrogens is 1. The molecule has 2 rings (SSSR count). The molecular weight excluding hydrogens is 222 g/mol. The van der Waals surface area contributed by atoms with Crippen LogP contribution in [0.25, 0.3) is 0 Å². The topological polar surface area (TPSA) is 37.0 Å². The van der Waals surface area contributed by atoms with Gasteiger partial charge in [0.05, 0.1) is 0 Å². The SMILES string of the molecule is CNc1cc(NCCC2CCC(C)CC2)ccn1. The average molecular weight is 247 g/mol. The van der Waals surface area contributed by atoms with Crippen LogP contribution in [0.4, 0.5) is 11.5 Å². The highest BCUT2D eigenvalue weighted by atomic mass is 15.0. The summed E-state index contributed by atoms with van der Waals surface area (Å²) in [6.07, 6.45) is 8.82. The molecule has 1 aromatic rings. The molecule has 1 aliphatic carbocycles. The lowest BCUT2D eigenvalue weighted by Crippen LogP contribution is -2.15. The number of nitrogens with one attached hydrogen (secondary N) is 2. The van der Waals surface area contributed by atoms with Crippen molar-refractivity contribution < 1.29 is 0 Å². The number of hydrogen-bond acceptors (Lipinski definition) is 3. The van der Waals surface area contributed by atoms with Crippen molar-refractivity contribution in [3.05, 3.63) is 18.3 Å². The summed E-state index contributed by atoms with van der Waals surface area (Å²) >= 11 is 0. The normalized spacial score (nSPS) is 23.7. The second kappa shape index (κ2) is 6.62. The standard InChI is InChI=1S/C15H25N3/c1-12-3-5-13(6-4-12)7-9-17-14-8-10-18-15(11-14)16-2/h8,10-13H,3-7,9H2,1-2H3,(H2,16,17,18). The molecule has 1 saturated carbocycles. The molecule has 1 fully saturated rings. The zero-order valence-electron chi connectivity index (χ0n) is 11.6. The van der Waals surface area contributed by atoms with Crippen LogP contribution in [0.5, 0.6) is 0 Å². The maximum absolute atomic E-state index is 4.21. The van der Waals surface area contributed by atoms with Crippen LogP contribution in [-0.2, 0) is 0 Å². The third-order valence-electron chi connectivity index (χ3n) is 4.03. The lowest BCUT2D eigenvalue weighted by atomic mass is 9.81. The molecule has 18 heavy (non-hydrogen) atoms. The van der Waals surface area contributed by atoms with Crippen molar-refractivity contribution in [1.29, 1.82) is 0 Å². The summed E-state index contributed by atoms with van der Waals surface area (Å²) in [7, 11) is 1.90. The highest BCUT2D eigenvalue weighted by Crippen LogP contribution is 2.30. The highest BCUT2D eigenvalue weighted by Gasteiger charge is 2.17. The van der Waals surface area contributed by atoms with Gasteiger partial charge >= 0.3 is 0 Å². The molecule has 3 heteroatoms. The van der Waals surface area contributed by atoms with E-state index >= 15 is 0 Å². The van der Waals surface area contributed by atoms with Crippen LogP contribution >= 0.6 is 0 Å². The monoisotopic (exact) mass is 247 g/mol. The maximum atomic E-state index is 4.21. The average Bonchev–Trinajstić information content (AvgIpc) is 2.41. The summed E-state index contributed by atoms with van der Waals surface area (Å²) in [4.78, 5) is 4.21. The number of rotatable bonds is 5. The Morgan fingerprint density at radius 3 is 2.78 bits per heavy atom. The Labute approximate surface area is 110 Å². The number of pyridine rings is 1. The lowest BCUT2D eigenvalue weighted by molar-refractivity contribution is 0.282. The quantitative estimate of drug-likeness (QED) is 0.832. The molecule has 100 valence electrons. The molecule has 1 heterocycles. The predicted molar refractivity (Wildman–Crippen MR) is 78.0 cm³/mol. The van der Waals surface area contributed by atoms with Gasteiger partial charge in [0.15, 0.2) is 0 Å². The molecule has 1 aliphatic rings. The van der Waals surface area contributed by atoms with Gasteiger partial charge in [0.25, 0.3) is 0 Å². The Balaban J connectivity index is 1.71. The number of nitrogens with zero attached hydrogens (tertiary/aromatic N) is 1. The fourth-order valence-electron chi connectivity index (χ4n) is 2.72. The Morgan fingerprint density at radius 2 is 2.06 bits per heavy atom. The first-order chi connectivity index (χ1) is 8.78. The first-order valence-corrected chi connectivity index (χ1v) is 7.15. The third kappa shape index (κ3) is 3.90. The fourth-order valence-corrected chi connectivity index (χ4v) is 2.72. The van der Waals surface area contributed by atoms with E-state index in [-0.39, 0.29) is 0 Å². The van der Waals surface area contributed by atoms with Crippen LogP contribution in [-0.4, -0.2) is 18.6 Å². The number of hydrogen-bond donors (Lipinski definition) is 2. The lowest BCUT2D eigenvalue weighted by Gasteiger charge is -2.26. The van der Waals surface area contributed by atoms with Crippen molar-refractivity contribution >= 4 is 11.5 Å². The van der Waals surface area contributed by atoms with E-state index in [9.17, 15) is 0 Å². The minimum absolute atomic E-state index is 0.923. The summed E-state index contributed by atoms with van der Waals surface area (Å²) in [5.74, 6) is 2.80. The van der Waals surface area contributed by atoms with Crippen LogP contribution in [0, 0.1) is 11.8 Å². The van der Waals surface area contributed by atoms with Crippen LogP contribution in [0.3, 0.4) is 0 Å². The molecule has 0 atom stereocenters. The minimum atomic E-state index is 0.923. The molecule has 0 aliphatic heterocycles. The Kier molecular flexibility index (Phi) is 4.85. The first-order valence-electron chi connectivity index (χ1n) is 7.15. The van der Waals surface area contributed by atoms with E-state index in [1.165, 1.54) is 37.8 Å². The van der Waals surface area contributed by atoms with Crippen LogP contribution < -0.4 is 10.6 Å². The molecular formula is C15H25N3. The van der Waals surface area contributed by atoms with Crippen molar-refractivity contribution in [2.24, 2.45) is 11.8 Å². The zero-order valence-corrected chi connectivity index (χ0v) is 11.6. The zero-order chi connectivity index (χ0) is 12.8. The van der Waals surface area contributed by atoms with E-state index in [2.05, 4.69) is 28.6 Å². The van der Waals surface area contributed by atoms with E-state index in [0.29, 0.717) is 0 Å². The highest BCUT2D eigenvalue weighted by molar-refractivity contribution is 5.51. The largest absolute Gasteiger partial charge is 0.385 e. The molecule has 0 bridgehead atoms. The van der Waals surface area contributed by atoms with Gasteiger partial charge in [-0.15, -0.1) is 0 Å². The molecule has 0 radical (unpaired) electrons. The Morgan fingerprint density at radius 1 is 1.28 bits per heavy atom. The first kappa shape index (κ1) is 13.2. The van der Waals surface area contributed by atoms with Crippen molar-refractivity contribution in [2.75, 3.05) is 24.2 Å². The van der Waals surface area contributed by atoms with E-state index in [1.54, 1.807) is 0 Å². The molecule has 0 aromatic carbocycles. The molecule has 2 N–H and O–H groups in total. The van der Waals surface area contributed by atoms with Gasteiger partial charge in [-0.3, -0.25) is 0 Å². The van der Waals surface area contributed by atoms with Gasteiger partial charge < -0.3 is 10.6 Å². The maximum Gasteiger partial charge on any atom is 0.127 e. The molecule has 1 aromatic heterocycles. The Hall–Kier alpha value is -1.25. The van der Waals surface area contributed by atoms with Gasteiger partial charge in [0.2, 0.25) is 0 Å². The van der Waals surface area contributed by atoms with Gasteiger partial charge in [-0.25, -0.2) is 4.98 Å². The summed E-state index contributed by atoms with van der Waals surface area (Å²) in [5, 5.41) is 6.56. The molecule has 0 spiro atoms. The second-order valence-corrected chi connectivity index (χ2v) is 5.52.